The van der Waals surface area contributed by atoms with Crippen molar-refractivity contribution in [1.82, 2.24) is 0 Å². The second-order valence-corrected chi connectivity index (χ2v) is 7.91. The summed E-state index contributed by atoms with van der Waals surface area (Å²) < 4.78 is 12.7. The molecule has 24 heavy (non-hydrogen) atoms. The molecule has 0 atom stereocenters. The van der Waals surface area contributed by atoms with Gasteiger partial charge in [0.15, 0.2) is 0 Å². The van der Waals surface area contributed by atoms with Crippen LogP contribution in [0.4, 0.5) is 11.4 Å². The first-order valence-electron chi connectivity index (χ1n) is 8.56. The minimum Gasteiger partial charge on any atom is -0.406 e. The lowest BCUT2D eigenvalue weighted by Gasteiger charge is -2.41. The molecular formula is C18H24B2N2O2. The van der Waals surface area contributed by atoms with Gasteiger partial charge in [0.1, 0.15) is 0 Å². The van der Waals surface area contributed by atoms with Gasteiger partial charge in [-0.15, -0.1) is 0 Å². The fourth-order valence-corrected chi connectivity index (χ4v) is 3.81. The molecule has 2 aromatic rings. The van der Waals surface area contributed by atoms with Crippen molar-refractivity contribution in [2.45, 2.75) is 38.9 Å². The van der Waals surface area contributed by atoms with E-state index < -0.39 is 0 Å². The summed E-state index contributed by atoms with van der Waals surface area (Å²) in [5, 5.41) is 2.55. The zero-order chi connectivity index (χ0) is 17.3. The van der Waals surface area contributed by atoms with E-state index in [0.717, 1.165) is 0 Å². The largest absolute Gasteiger partial charge is 0.469 e. The molecule has 124 valence electrons. The molecule has 2 aliphatic heterocycles. The highest BCUT2D eigenvalue weighted by Gasteiger charge is 2.59. The summed E-state index contributed by atoms with van der Waals surface area (Å²) in [6.45, 7) is 8.40. The van der Waals surface area contributed by atoms with Gasteiger partial charge in [0.05, 0.1) is 11.2 Å². The molecule has 0 bridgehead atoms. The van der Waals surface area contributed by atoms with Crippen molar-refractivity contribution in [1.29, 1.82) is 0 Å². The highest BCUT2D eigenvalue weighted by molar-refractivity contribution is 7.20. The standard InChI is InChI=1S/C18H24B2N2O2/c1-17(2)18(3,4)24-20(23-17)19-21(5)14-11-7-9-13-10-8-12-15(16(13)14)22(19)6/h7-12H,1-6H3. The summed E-state index contributed by atoms with van der Waals surface area (Å²) in [6.07, 6.45) is 0. The minimum absolute atomic E-state index is 0.00782. The Morgan fingerprint density at radius 2 is 1.25 bits per heavy atom. The second kappa shape index (κ2) is 4.93. The molecule has 0 aliphatic carbocycles. The summed E-state index contributed by atoms with van der Waals surface area (Å²) in [7, 11) is 3.93. The number of rotatable bonds is 1. The molecule has 1 saturated heterocycles. The van der Waals surface area contributed by atoms with Gasteiger partial charge in [-0.25, -0.2) is 0 Å². The highest BCUT2D eigenvalue weighted by Crippen LogP contribution is 2.43. The predicted molar refractivity (Wildman–Crippen MR) is 103 cm³/mol. The lowest BCUT2D eigenvalue weighted by molar-refractivity contribution is 0.00578. The fourth-order valence-electron chi connectivity index (χ4n) is 3.81. The van der Waals surface area contributed by atoms with Gasteiger partial charge in [-0.2, -0.15) is 0 Å². The number of hydrogen-bond acceptors (Lipinski definition) is 4. The fraction of sp³-hybridized carbons (Fsp3) is 0.444. The first-order chi connectivity index (χ1) is 11.2. The molecule has 0 aromatic heterocycles. The first-order valence-corrected chi connectivity index (χ1v) is 8.56. The summed E-state index contributed by atoms with van der Waals surface area (Å²) in [5.74, 6) is 0. The molecule has 0 N–H and O–H groups in total. The maximum atomic E-state index is 6.35. The van der Waals surface area contributed by atoms with E-state index in [-0.39, 0.29) is 25.1 Å². The molecule has 4 rings (SSSR count). The topological polar surface area (TPSA) is 24.9 Å². The van der Waals surface area contributed by atoms with Crippen LogP contribution in [0, 0.1) is 0 Å². The average molecular weight is 322 g/mol. The van der Waals surface area contributed by atoms with Crippen LogP contribution in [0.1, 0.15) is 27.7 Å². The van der Waals surface area contributed by atoms with E-state index >= 15 is 0 Å². The number of anilines is 2. The Morgan fingerprint density at radius 1 is 0.792 bits per heavy atom. The molecule has 0 unspecified atom stereocenters. The quantitative estimate of drug-likeness (QED) is 0.752. The van der Waals surface area contributed by atoms with Crippen molar-refractivity contribution >= 4 is 36.0 Å². The Bertz CT molecular complexity index is 748. The van der Waals surface area contributed by atoms with Crippen LogP contribution in [0.15, 0.2) is 36.4 Å². The number of benzene rings is 2. The van der Waals surface area contributed by atoms with Crippen molar-refractivity contribution in [2.24, 2.45) is 0 Å². The van der Waals surface area contributed by atoms with Crippen molar-refractivity contribution in [3.63, 3.8) is 0 Å². The van der Waals surface area contributed by atoms with Gasteiger partial charge < -0.3 is 18.9 Å². The van der Waals surface area contributed by atoms with Gasteiger partial charge in [0.2, 0.25) is 0 Å². The van der Waals surface area contributed by atoms with E-state index in [2.05, 4.69) is 87.8 Å². The molecule has 0 radical (unpaired) electrons. The van der Waals surface area contributed by atoms with Gasteiger partial charge in [-0.05, 0) is 59.3 Å². The van der Waals surface area contributed by atoms with E-state index in [1.165, 1.54) is 22.1 Å². The van der Waals surface area contributed by atoms with Crippen LogP contribution in [0.3, 0.4) is 0 Å². The molecule has 0 spiro atoms. The second-order valence-electron chi connectivity index (χ2n) is 7.91. The average Bonchev–Trinajstić information content (AvgIpc) is 2.72. The highest BCUT2D eigenvalue weighted by atomic mass is 16.7. The summed E-state index contributed by atoms with van der Waals surface area (Å²) in [6, 6.07) is 12.9. The zero-order valence-electron chi connectivity index (χ0n) is 15.3. The van der Waals surface area contributed by atoms with E-state index in [9.17, 15) is 0 Å². The van der Waals surface area contributed by atoms with Crippen LogP contribution in [0.2, 0.25) is 0 Å². The summed E-state index contributed by atoms with van der Waals surface area (Å²) in [4.78, 5) is 4.55. The molecule has 6 heteroatoms. The third-order valence-electron chi connectivity index (χ3n) is 5.93. The molecule has 0 amide bonds. The molecule has 2 aliphatic rings. The van der Waals surface area contributed by atoms with Crippen LogP contribution < -0.4 is 9.62 Å². The van der Waals surface area contributed by atoms with Gasteiger partial charge in [-0.1, -0.05) is 24.3 Å². The molecule has 2 heterocycles. The molecular weight excluding hydrogens is 298 g/mol. The van der Waals surface area contributed by atoms with Crippen molar-refractivity contribution in [2.75, 3.05) is 23.7 Å². The summed E-state index contributed by atoms with van der Waals surface area (Å²) >= 11 is 0. The molecule has 4 nitrogen and oxygen atoms in total. The minimum atomic E-state index is -0.331. The SMILES string of the molecule is CN1B(B2OC(C)(C)C(C)(C)O2)N(C)c2cccc3cccc1c23. The van der Waals surface area contributed by atoms with Crippen molar-refractivity contribution in [3.05, 3.63) is 36.4 Å². The lowest BCUT2D eigenvalue weighted by atomic mass is 9.38. The van der Waals surface area contributed by atoms with E-state index in [0.29, 0.717) is 0 Å². The molecule has 0 saturated carbocycles. The normalized spacial score (nSPS) is 21.8. The monoisotopic (exact) mass is 322 g/mol. The van der Waals surface area contributed by atoms with Crippen molar-refractivity contribution < 1.29 is 9.31 Å². The third-order valence-corrected chi connectivity index (χ3v) is 5.93. The Morgan fingerprint density at radius 3 is 1.71 bits per heavy atom. The maximum absolute atomic E-state index is 6.35. The van der Waals surface area contributed by atoms with Crippen LogP contribution in [-0.2, 0) is 9.31 Å². The van der Waals surface area contributed by atoms with Gasteiger partial charge in [0.25, 0.3) is 0 Å². The van der Waals surface area contributed by atoms with E-state index in [4.69, 9.17) is 9.31 Å². The first kappa shape index (κ1) is 15.9. The van der Waals surface area contributed by atoms with Crippen LogP contribution >= 0.6 is 0 Å². The maximum Gasteiger partial charge on any atom is 0.469 e. The van der Waals surface area contributed by atoms with E-state index in [1.807, 2.05) is 0 Å². The number of nitrogens with zero attached hydrogens (tertiary/aromatic N) is 2. The third kappa shape index (κ3) is 2.02. The van der Waals surface area contributed by atoms with Crippen molar-refractivity contribution in [3.8, 4) is 0 Å². The Labute approximate surface area is 145 Å². The smallest absolute Gasteiger partial charge is 0.406 e. The van der Waals surface area contributed by atoms with Gasteiger partial charge >= 0.3 is 13.9 Å². The molecule has 2 aromatic carbocycles. The van der Waals surface area contributed by atoms with Gasteiger partial charge in [-0.3, -0.25) is 0 Å². The molecule has 1 fully saturated rings. The Balaban J connectivity index is 1.81. The van der Waals surface area contributed by atoms with Gasteiger partial charge in [0, 0.05) is 16.8 Å². The Kier molecular flexibility index (Phi) is 3.26. The zero-order valence-corrected chi connectivity index (χ0v) is 15.3. The van der Waals surface area contributed by atoms with Crippen LogP contribution in [-0.4, -0.2) is 39.2 Å². The number of hydrogen-bond donors (Lipinski definition) is 0. The van der Waals surface area contributed by atoms with E-state index in [1.54, 1.807) is 0 Å². The Hall–Kier alpha value is -1.65. The van der Waals surface area contributed by atoms with Crippen LogP contribution in [0.5, 0.6) is 0 Å². The van der Waals surface area contributed by atoms with Crippen LogP contribution in [0.25, 0.3) is 10.8 Å². The lowest BCUT2D eigenvalue weighted by Crippen LogP contribution is -2.63. The predicted octanol–water partition coefficient (Wildman–Crippen LogP) is 3.38. The summed E-state index contributed by atoms with van der Waals surface area (Å²) in [5.41, 5.74) is 1.78.